The highest BCUT2D eigenvalue weighted by atomic mass is 14.9. The van der Waals surface area contributed by atoms with E-state index in [1.54, 1.807) is 0 Å². The minimum atomic E-state index is -0.642. The van der Waals surface area contributed by atoms with Gasteiger partial charge < -0.3 is 0 Å². The summed E-state index contributed by atoms with van der Waals surface area (Å²) in [6.07, 6.45) is 0. The van der Waals surface area contributed by atoms with Crippen molar-refractivity contribution in [1.29, 1.82) is 0 Å². The Hall–Kier alpha value is -14.1. The van der Waals surface area contributed by atoms with E-state index in [1.807, 2.05) is 24.3 Å². The zero-order valence-electron chi connectivity index (χ0n) is 58.6. The summed E-state index contributed by atoms with van der Waals surface area (Å²) in [6, 6.07) is 139. The maximum Gasteiger partial charge on any atom is 0.161 e. The molecular weight excluding hydrogens is 1310 g/mol. The zero-order chi connectivity index (χ0) is 70.8. The van der Waals surface area contributed by atoms with Gasteiger partial charge in [0.15, 0.2) is 11.6 Å². The highest BCUT2D eigenvalue weighted by molar-refractivity contribution is 6.16. The van der Waals surface area contributed by atoms with E-state index in [-0.39, 0.29) is 0 Å². The molecule has 0 amide bonds. The first kappa shape index (κ1) is 60.4. The van der Waals surface area contributed by atoms with Crippen LogP contribution in [0.4, 0.5) is 0 Å². The van der Waals surface area contributed by atoms with Gasteiger partial charge in [-0.25, -0.2) is 19.9 Å². The van der Waals surface area contributed by atoms with E-state index in [4.69, 9.17) is 19.9 Å². The van der Waals surface area contributed by atoms with Crippen LogP contribution in [0.1, 0.15) is 44.5 Å². The molecule has 498 valence electrons. The number of nitrogens with zero attached hydrogens (tertiary/aromatic N) is 4. The molecular formula is C104H62N4. The topological polar surface area (TPSA) is 51.6 Å². The van der Waals surface area contributed by atoms with Gasteiger partial charge in [0.2, 0.25) is 0 Å². The smallest absolute Gasteiger partial charge is 0.161 e. The summed E-state index contributed by atoms with van der Waals surface area (Å²) in [7, 11) is 0. The summed E-state index contributed by atoms with van der Waals surface area (Å²) in [5.74, 6) is 1.38. The van der Waals surface area contributed by atoms with Crippen molar-refractivity contribution in [3.05, 3.63) is 421 Å². The summed E-state index contributed by atoms with van der Waals surface area (Å²) < 4.78 is 0. The van der Waals surface area contributed by atoms with Crippen molar-refractivity contribution >= 4 is 43.1 Å². The zero-order valence-corrected chi connectivity index (χ0v) is 58.6. The van der Waals surface area contributed by atoms with Crippen molar-refractivity contribution in [3.8, 4) is 135 Å². The lowest BCUT2D eigenvalue weighted by molar-refractivity contribution is 0.802. The summed E-state index contributed by atoms with van der Waals surface area (Å²) >= 11 is 0. The molecule has 17 aromatic carbocycles. The number of hydrogen-bond acceptors (Lipinski definition) is 4. The normalized spacial score (nSPS) is 13.3. The first-order chi connectivity index (χ1) is 53.5. The van der Waals surface area contributed by atoms with E-state index in [9.17, 15) is 0 Å². The number of hydrogen-bond donors (Lipinski definition) is 0. The van der Waals surface area contributed by atoms with Gasteiger partial charge in [0.25, 0.3) is 0 Å². The van der Waals surface area contributed by atoms with Crippen LogP contribution in [0.3, 0.4) is 0 Å². The third kappa shape index (κ3) is 8.57. The van der Waals surface area contributed by atoms with Crippen LogP contribution < -0.4 is 0 Å². The molecule has 4 aliphatic rings. The van der Waals surface area contributed by atoms with E-state index in [0.717, 1.165) is 78.2 Å². The number of benzene rings is 17. The van der Waals surface area contributed by atoms with Crippen molar-refractivity contribution in [1.82, 2.24) is 19.9 Å². The maximum absolute atomic E-state index is 5.77. The SMILES string of the molecule is c1ccc(-c2cc(-c3ccc(-c4cc5c(c6ccccc46)-c4ccc6cc(-c7cccc(-c8cc(-c9ccccc9)nc(-c9cc%10c(c%11ccccc9%11)-c9ccc%11ccccc%11c9C%109c%10ccccc%10-c%10ccccc%109)n8)c7)ccc6c4C54c5ccccc5-c5ccccc54)cc3)nc(-c3ccccc3)n2)cc1. The lowest BCUT2D eigenvalue weighted by Crippen LogP contribution is -2.26. The third-order valence-corrected chi connectivity index (χ3v) is 23.9. The van der Waals surface area contributed by atoms with Crippen LogP contribution in [-0.4, -0.2) is 19.9 Å². The second-order valence-corrected chi connectivity index (χ2v) is 29.3. The van der Waals surface area contributed by atoms with Gasteiger partial charge >= 0.3 is 0 Å². The fourth-order valence-corrected chi connectivity index (χ4v) is 19.4. The third-order valence-electron chi connectivity index (χ3n) is 23.9. The lowest BCUT2D eigenvalue weighted by Gasteiger charge is -2.32. The molecule has 19 aromatic rings. The van der Waals surface area contributed by atoms with E-state index in [0.29, 0.717) is 11.6 Å². The van der Waals surface area contributed by atoms with Gasteiger partial charge in [-0.3, -0.25) is 0 Å². The van der Waals surface area contributed by atoms with Gasteiger partial charge in [-0.1, -0.05) is 340 Å². The van der Waals surface area contributed by atoms with Gasteiger partial charge in [0.05, 0.1) is 33.6 Å². The molecule has 0 saturated carbocycles. The summed E-state index contributed by atoms with van der Waals surface area (Å²) in [5.41, 5.74) is 33.5. The Morgan fingerprint density at radius 1 is 0.167 bits per heavy atom. The predicted molar refractivity (Wildman–Crippen MR) is 444 cm³/mol. The molecule has 4 nitrogen and oxygen atoms in total. The van der Waals surface area contributed by atoms with Crippen LogP contribution in [0.25, 0.3) is 178 Å². The van der Waals surface area contributed by atoms with Crippen molar-refractivity contribution < 1.29 is 0 Å². The monoisotopic (exact) mass is 1370 g/mol. The van der Waals surface area contributed by atoms with Gasteiger partial charge in [-0.15, -0.1) is 0 Å². The van der Waals surface area contributed by atoms with Crippen molar-refractivity contribution in [2.45, 2.75) is 10.8 Å². The standard InChI is InChI=1S/C104H62N4/c1-4-26-65(27-5-1)93-61-95(106-101(105-93)68-30-8-3-9-31-68)67-49-47-64(48-50-67)85-59-91-97(81-41-14-12-35-75(81)85)84-56-53-71-57-70(52-54-74(71)100(84)103(91)87-43-20-16-37-77(87)78-38-17-21-44-88(78)103)69-32-24-33-72(58-69)96-62-94(66-28-6-2-7-29-66)107-102(108-96)86-60-92-98(82-42-15-13-36-76(82)86)83-55-51-63-25-10-11-34-73(63)99(83)104(92)89-45-22-18-39-79(89)80-40-19-23-46-90(80)104/h1-62H. The van der Waals surface area contributed by atoms with Crippen LogP contribution in [0.2, 0.25) is 0 Å². The molecule has 0 bridgehead atoms. The van der Waals surface area contributed by atoms with E-state index in [1.165, 1.54) is 132 Å². The summed E-state index contributed by atoms with van der Waals surface area (Å²) in [5, 5.41) is 9.66. The average molecular weight is 1370 g/mol. The Kier molecular flexibility index (Phi) is 13.0. The molecule has 23 rings (SSSR count). The highest BCUT2D eigenvalue weighted by Gasteiger charge is 2.55. The lowest BCUT2D eigenvalue weighted by atomic mass is 9.69. The Labute approximate surface area is 625 Å². The first-order valence-corrected chi connectivity index (χ1v) is 37.3. The molecule has 0 aliphatic heterocycles. The molecule has 0 N–H and O–H groups in total. The number of fused-ring (bicyclic) bond motifs is 28. The molecule has 2 heterocycles. The van der Waals surface area contributed by atoms with Crippen molar-refractivity contribution in [2.75, 3.05) is 0 Å². The van der Waals surface area contributed by atoms with Crippen molar-refractivity contribution in [3.63, 3.8) is 0 Å². The second kappa shape index (κ2) is 23.2. The van der Waals surface area contributed by atoms with Gasteiger partial charge in [0, 0.05) is 33.4 Å². The molecule has 2 spiro atoms. The molecule has 0 radical (unpaired) electrons. The van der Waals surface area contributed by atoms with Gasteiger partial charge in [-0.2, -0.15) is 0 Å². The predicted octanol–water partition coefficient (Wildman–Crippen LogP) is 25.9. The largest absolute Gasteiger partial charge is 0.228 e. The van der Waals surface area contributed by atoms with Gasteiger partial charge in [0.1, 0.15) is 0 Å². The molecule has 0 saturated heterocycles. The molecule has 108 heavy (non-hydrogen) atoms. The minimum Gasteiger partial charge on any atom is -0.228 e. The molecule has 4 heteroatoms. The molecule has 4 aliphatic carbocycles. The number of rotatable bonds is 8. The molecule has 0 unspecified atom stereocenters. The van der Waals surface area contributed by atoms with E-state index in [2.05, 4.69) is 352 Å². The van der Waals surface area contributed by atoms with Crippen LogP contribution in [0.5, 0.6) is 0 Å². The first-order valence-electron chi connectivity index (χ1n) is 37.3. The van der Waals surface area contributed by atoms with Crippen LogP contribution >= 0.6 is 0 Å². The van der Waals surface area contributed by atoms with Gasteiger partial charge in [-0.05, 0) is 191 Å². The minimum absolute atomic E-state index is 0.613. The fraction of sp³-hybridized carbons (Fsp3) is 0.0192. The Balaban J connectivity index is 0.675. The highest BCUT2D eigenvalue weighted by Crippen LogP contribution is 2.68. The van der Waals surface area contributed by atoms with Crippen LogP contribution in [-0.2, 0) is 10.8 Å². The van der Waals surface area contributed by atoms with E-state index >= 15 is 0 Å². The van der Waals surface area contributed by atoms with Crippen LogP contribution in [0, 0.1) is 0 Å². The van der Waals surface area contributed by atoms with E-state index < -0.39 is 10.8 Å². The number of aromatic nitrogens is 4. The molecule has 0 fully saturated rings. The van der Waals surface area contributed by atoms with Crippen LogP contribution in [0.15, 0.2) is 376 Å². The average Bonchev–Trinajstić information content (AvgIpc) is 1.50. The Morgan fingerprint density at radius 2 is 0.528 bits per heavy atom. The summed E-state index contributed by atoms with van der Waals surface area (Å²) in [4.78, 5) is 21.8. The molecule has 2 aromatic heterocycles. The second-order valence-electron chi connectivity index (χ2n) is 29.3. The quantitative estimate of drug-likeness (QED) is 0.152. The summed E-state index contributed by atoms with van der Waals surface area (Å²) in [6.45, 7) is 0. The Bertz CT molecular complexity index is 6890. The maximum atomic E-state index is 5.77. The fourth-order valence-electron chi connectivity index (χ4n) is 19.4. The van der Waals surface area contributed by atoms with Crippen molar-refractivity contribution in [2.24, 2.45) is 0 Å². The molecule has 0 atom stereocenters. The Morgan fingerprint density at radius 3 is 1.06 bits per heavy atom.